The zero-order chi connectivity index (χ0) is 42.3. The lowest BCUT2D eigenvalue weighted by Gasteiger charge is -2.49. The minimum Gasteiger partial charge on any atom is -0.298 e. The minimum atomic E-state index is -0.262. The standard InChI is InChI=1S/C51H60Br2Cl2N6O/c52-37-15-17-41-35(31-37)19-21-60(49(41)43-11-1-3-13-45(43)54)33-47(58-27-23-56(24-28-58)39-7-5-8-39)51(62)48(59-29-25-57(26-30-59)40-9-6-10-40)34-61-22-20-36-32-38(53)16-18-42(36)50(61)44-12-2-4-14-46(44)55/h1-4,11-18,31-32,39-40,47-50H,5-10,19-30,33-34H2. The third-order valence-electron chi connectivity index (χ3n) is 15.5. The molecule has 4 fully saturated rings. The summed E-state index contributed by atoms with van der Waals surface area (Å²) in [6.07, 6.45) is 9.77. The molecule has 0 amide bonds. The van der Waals surface area contributed by atoms with Gasteiger partial charge in [0.25, 0.3) is 0 Å². The first-order chi connectivity index (χ1) is 30.3. The van der Waals surface area contributed by atoms with Crippen LogP contribution in [0.5, 0.6) is 0 Å². The summed E-state index contributed by atoms with van der Waals surface area (Å²) in [7, 11) is 0. The third-order valence-corrected chi connectivity index (χ3v) is 17.2. The summed E-state index contributed by atoms with van der Waals surface area (Å²) in [6, 6.07) is 31.0. The van der Waals surface area contributed by atoms with E-state index in [4.69, 9.17) is 23.2 Å². The van der Waals surface area contributed by atoms with Crippen molar-refractivity contribution in [3.05, 3.63) is 137 Å². The van der Waals surface area contributed by atoms with E-state index in [9.17, 15) is 0 Å². The smallest absolute Gasteiger partial charge is 0.169 e. The van der Waals surface area contributed by atoms with Gasteiger partial charge in [0, 0.05) is 110 Å². The largest absolute Gasteiger partial charge is 0.298 e. The molecule has 4 atom stereocenters. The Balaban J connectivity index is 1.02. The van der Waals surface area contributed by atoms with E-state index in [1.54, 1.807) is 0 Å². The van der Waals surface area contributed by atoms with E-state index in [0.717, 1.165) is 108 Å². The van der Waals surface area contributed by atoms with Crippen molar-refractivity contribution in [2.24, 2.45) is 0 Å². The van der Waals surface area contributed by atoms with Crippen LogP contribution in [0, 0.1) is 0 Å². The molecule has 2 saturated carbocycles. The van der Waals surface area contributed by atoms with Crippen molar-refractivity contribution < 1.29 is 4.79 Å². The lowest BCUT2D eigenvalue weighted by atomic mass is 9.86. The normalized spacial score (nSPS) is 24.8. The molecule has 4 unspecified atom stereocenters. The number of carbonyl (C=O) groups is 1. The lowest BCUT2D eigenvalue weighted by Crippen LogP contribution is -2.64. The lowest BCUT2D eigenvalue weighted by molar-refractivity contribution is -0.134. The molecule has 7 nitrogen and oxygen atoms in total. The Morgan fingerprint density at radius 3 is 1.31 bits per heavy atom. The topological polar surface area (TPSA) is 36.5 Å². The average molecular weight is 1000 g/mol. The molecule has 0 spiro atoms. The van der Waals surface area contributed by atoms with Crippen LogP contribution in [-0.2, 0) is 17.6 Å². The van der Waals surface area contributed by atoms with Gasteiger partial charge in [-0.05, 0) is 108 Å². The molecule has 4 heterocycles. The van der Waals surface area contributed by atoms with Crippen LogP contribution in [0.4, 0.5) is 0 Å². The van der Waals surface area contributed by atoms with E-state index >= 15 is 4.79 Å². The molecule has 0 bridgehead atoms. The van der Waals surface area contributed by atoms with Crippen LogP contribution < -0.4 is 0 Å². The van der Waals surface area contributed by atoms with Gasteiger partial charge in [0.2, 0.25) is 0 Å². The van der Waals surface area contributed by atoms with Crippen molar-refractivity contribution >= 4 is 60.8 Å². The predicted octanol–water partition coefficient (Wildman–Crippen LogP) is 9.76. The highest BCUT2D eigenvalue weighted by atomic mass is 79.9. The second kappa shape index (κ2) is 19.4. The van der Waals surface area contributed by atoms with Crippen molar-refractivity contribution in [1.82, 2.24) is 29.4 Å². The molecule has 0 aromatic heterocycles. The Kier molecular flexibility index (Phi) is 13.7. The number of piperazine rings is 2. The fourth-order valence-electron chi connectivity index (χ4n) is 11.6. The van der Waals surface area contributed by atoms with E-state index in [1.807, 2.05) is 24.3 Å². The van der Waals surface area contributed by atoms with E-state index in [1.165, 1.54) is 60.8 Å². The summed E-state index contributed by atoms with van der Waals surface area (Å²) in [5.41, 5.74) is 7.51. The van der Waals surface area contributed by atoms with E-state index in [-0.39, 0.29) is 24.2 Å². The highest BCUT2D eigenvalue weighted by molar-refractivity contribution is 9.10. The fraction of sp³-hybridized carbons (Fsp3) is 0.510. The van der Waals surface area contributed by atoms with Crippen LogP contribution in [0.25, 0.3) is 0 Å². The number of ketones is 1. The Morgan fingerprint density at radius 2 is 0.935 bits per heavy atom. The van der Waals surface area contributed by atoms with Gasteiger partial charge in [-0.3, -0.25) is 34.2 Å². The third kappa shape index (κ3) is 9.04. The molecule has 328 valence electrons. The second-order valence-electron chi connectivity index (χ2n) is 18.8. The minimum absolute atomic E-state index is 0.0425. The summed E-state index contributed by atoms with van der Waals surface area (Å²) >= 11 is 21.8. The van der Waals surface area contributed by atoms with Crippen molar-refractivity contribution in [2.45, 2.75) is 87.6 Å². The Bertz CT molecular complexity index is 2070. The van der Waals surface area contributed by atoms with Gasteiger partial charge in [0.15, 0.2) is 5.78 Å². The molecule has 0 N–H and O–H groups in total. The van der Waals surface area contributed by atoms with Gasteiger partial charge in [-0.1, -0.05) is 116 Å². The Hall–Kier alpha value is -2.15. The summed E-state index contributed by atoms with van der Waals surface area (Å²) in [5, 5.41) is 1.56. The van der Waals surface area contributed by atoms with Crippen molar-refractivity contribution in [2.75, 3.05) is 78.5 Å². The van der Waals surface area contributed by atoms with Crippen LogP contribution in [0.3, 0.4) is 0 Å². The number of nitrogens with zero attached hydrogens (tertiary/aromatic N) is 6. The molecule has 4 aromatic rings. The number of carbonyl (C=O) groups excluding carboxylic acids is 1. The SMILES string of the molecule is O=C(C(CN1CCc2cc(Br)ccc2C1c1ccccc1Cl)N1CCN(C2CCC2)CC1)C(CN1CCc2cc(Br)ccc2C1c1ccccc1Cl)N1CCN(C2CCC2)CC1. The van der Waals surface area contributed by atoms with Gasteiger partial charge in [-0.2, -0.15) is 0 Å². The van der Waals surface area contributed by atoms with Gasteiger partial charge in [0.05, 0.1) is 24.2 Å². The van der Waals surface area contributed by atoms with Crippen LogP contribution in [0.1, 0.15) is 84.0 Å². The van der Waals surface area contributed by atoms with Crippen molar-refractivity contribution in [3.8, 4) is 0 Å². The van der Waals surface area contributed by atoms with E-state index in [2.05, 4.69) is 122 Å². The van der Waals surface area contributed by atoms with Gasteiger partial charge < -0.3 is 0 Å². The van der Waals surface area contributed by atoms with Gasteiger partial charge in [-0.25, -0.2) is 0 Å². The Morgan fingerprint density at radius 1 is 0.532 bits per heavy atom. The number of halogens is 4. The number of fused-ring (bicyclic) bond motifs is 2. The summed E-state index contributed by atoms with van der Waals surface area (Å²) < 4.78 is 2.20. The quantitative estimate of drug-likeness (QED) is 0.140. The highest BCUT2D eigenvalue weighted by Crippen LogP contribution is 2.42. The first kappa shape index (κ1) is 43.7. The zero-order valence-electron chi connectivity index (χ0n) is 35.8. The monoisotopic (exact) mass is 1000 g/mol. The average Bonchev–Trinajstić information content (AvgIpc) is 3.24. The molecule has 6 aliphatic rings. The van der Waals surface area contributed by atoms with E-state index < -0.39 is 0 Å². The second-order valence-corrected chi connectivity index (χ2v) is 21.4. The molecule has 2 aliphatic carbocycles. The van der Waals surface area contributed by atoms with Crippen LogP contribution in [0.15, 0.2) is 93.9 Å². The van der Waals surface area contributed by atoms with Crippen LogP contribution in [-0.4, -0.2) is 138 Å². The van der Waals surface area contributed by atoms with Gasteiger partial charge in [0.1, 0.15) is 0 Å². The molecular weight excluding hydrogens is 943 g/mol. The highest BCUT2D eigenvalue weighted by Gasteiger charge is 2.44. The maximum Gasteiger partial charge on any atom is 0.169 e. The molecule has 11 heteroatoms. The molecule has 0 radical (unpaired) electrons. The molecular formula is C51H60Br2Cl2N6O. The fourth-order valence-corrected chi connectivity index (χ4v) is 12.9. The number of rotatable bonds is 12. The predicted molar refractivity (Wildman–Crippen MR) is 260 cm³/mol. The summed E-state index contributed by atoms with van der Waals surface area (Å²) in [5.74, 6) is 0.373. The molecule has 62 heavy (non-hydrogen) atoms. The van der Waals surface area contributed by atoms with Gasteiger partial charge in [-0.15, -0.1) is 0 Å². The van der Waals surface area contributed by atoms with E-state index in [0.29, 0.717) is 31.0 Å². The van der Waals surface area contributed by atoms with Crippen molar-refractivity contribution in [1.29, 1.82) is 0 Å². The number of Topliss-reactive ketones (excluding diaryl/α,β-unsaturated/α-hetero) is 1. The molecule has 4 aromatic carbocycles. The summed E-state index contributed by atoms with van der Waals surface area (Å²) in [6.45, 7) is 10.8. The number of hydrogen-bond acceptors (Lipinski definition) is 7. The first-order valence-corrected chi connectivity index (χ1v) is 25.7. The van der Waals surface area contributed by atoms with Crippen molar-refractivity contribution in [3.63, 3.8) is 0 Å². The maximum atomic E-state index is 16.3. The number of benzene rings is 4. The first-order valence-electron chi connectivity index (χ1n) is 23.3. The van der Waals surface area contributed by atoms with Crippen LogP contribution in [0.2, 0.25) is 10.0 Å². The zero-order valence-corrected chi connectivity index (χ0v) is 40.5. The Labute approximate surface area is 395 Å². The molecule has 2 saturated heterocycles. The molecule has 10 rings (SSSR count). The summed E-state index contributed by atoms with van der Waals surface area (Å²) in [4.78, 5) is 32.1. The van der Waals surface area contributed by atoms with Crippen LogP contribution >= 0.6 is 55.1 Å². The maximum absolute atomic E-state index is 16.3. The number of hydrogen-bond donors (Lipinski definition) is 0. The molecule has 4 aliphatic heterocycles. The van der Waals surface area contributed by atoms with Gasteiger partial charge >= 0.3 is 0 Å².